The van der Waals surface area contributed by atoms with E-state index in [0.29, 0.717) is 5.75 Å². The molecule has 21 heavy (non-hydrogen) atoms. The molecule has 0 bridgehead atoms. The molecule has 0 saturated carbocycles. The maximum Gasteiger partial charge on any atom is 0.226 e. The van der Waals surface area contributed by atoms with E-state index < -0.39 is 8.32 Å². The topological polar surface area (TPSA) is 29.5 Å². The number of phenolic OH excluding ortho intramolecular Hbond substituents is 1. The van der Waals surface area contributed by atoms with Crippen molar-refractivity contribution < 1.29 is 9.53 Å². The summed E-state index contributed by atoms with van der Waals surface area (Å²) < 4.78 is 5.97. The van der Waals surface area contributed by atoms with Gasteiger partial charge in [0.1, 0.15) is 5.75 Å². The molecule has 0 unspecified atom stereocenters. The fourth-order valence-electron chi connectivity index (χ4n) is 3.33. The van der Waals surface area contributed by atoms with E-state index in [1.807, 2.05) is 6.07 Å². The molecule has 114 valence electrons. The third-order valence-electron chi connectivity index (χ3n) is 4.66. The lowest BCUT2D eigenvalue weighted by molar-refractivity contribution is 0.401. The third-order valence-corrected chi connectivity index (χ3v) is 9.09. The van der Waals surface area contributed by atoms with Gasteiger partial charge >= 0.3 is 0 Å². The summed E-state index contributed by atoms with van der Waals surface area (Å²) in [6.45, 7) is 8.62. The Labute approximate surface area is 128 Å². The Hall–Kier alpha value is -1.32. The minimum Gasteiger partial charge on any atom is -0.508 e. The van der Waals surface area contributed by atoms with E-state index in [2.05, 4.69) is 52.0 Å². The molecule has 0 aliphatic heterocycles. The number of aromatic hydroxyl groups is 1. The van der Waals surface area contributed by atoms with E-state index in [4.69, 9.17) is 4.43 Å². The van der Waals surface area contributed by atoms with Gasteiger partial charge in [0.2, 0.25) is 8.32 Å². The van der Waals surface area contributed by atoms with Crippen LogP contribution in [-0.2, 0) is 4.43 Å². The molecule has 2 aromatic rings. The van der Waals surface area contributed by atoms with Crippen LogP contribution < -0.4 is 5.19 Å². The average molecular weight is 302 g/mol. The van der Waals surface area contributed by atoms with Crippen molar-refractivity contribution in [2.45, 2.75) is 45.7 Å². The summed E-state index contributed by atoms with van der Waals surface area (Å²) in [4.78, 5) is 0. The lowest BCUT2D eigenvalue weighted by Gasteiger charge is -2.30. The molecular weight excluding hydrogens is 276 g/mol. The second-order valence-corrected chi connectivity index (χ2v) is 10.3. The SMILES string of the molecule is CC[Si](CC)(OC)c1cc2ccccc2c(C(C)C)c1O. The first kappa shape index (κ1) is 16.1. The van der Waals surface area contributed by atoms with Gasteiger partial charge in [0, 0.05) is 17.9 Å². The van der Waals surface area contributed by atoms with Gasteiger partial charge in [0.15, 0.2) is 0 Å². The summed E-state index contributed by atoms with van der Waals surface area (Å²) in [7, 11) is -0.288. The molecule has 0 amide bonds. The van der Waals surface area contributed by atoms with Gasteiger partial charge in [-0.3, -0.25) is 0 Å². The highest BCUT2D eigenvalue weighted by Crippen LogP contribution is 2.34. The molecular formula is C18H26O2Si. The Morgan fingerprint density at radius 1 is 1.14 bits per heavy atom. The normalized spacial score (nSPS) is 12.3. The second kappa shape index (κ2) is 6.20. The largest absolute Gasteiger partial charge is 0.508 e. The van der Waals surface area contributed by atoms with Gasteiger partial charge in [0.05, 0.1) is 0 Å². The van der Waals surface area contributed by atoms with Crippen molar-refractivity contribution in [3.63, 3.8) is 0 Å². The van der Waals surface area contributed by atoms with Gasteiger partial charge < -0.3 is 9.53 Å². The van der Waals surface area contributed by atoms with Crippen molar-refractivity contribution in [3.8, 4) is 5.75 Å². The molecule has 2 nitrogen and oxygen atoms in total. The van der Waals surface area contributed by atoms with E-state index in [1.165, 1.54) is 5.39 Å². The van der Waals surface area contributed by atoms with E-state index in [0.717, 1.165) is 28.2 Å². The van der Waals surface area contributed by atoms with Crippen LogP contribution in [0.3, 0.4) is 0 Å². The summed E-state index contributed by atoms with van der Waals surface area (Å²) in [5, 5.41) is 14.3. The van der Waals surface area contributed by atoms with Crippen LogP contribution in [0.25, 0.3) is 10.8 Å². The maximum absolute atomic E-state index is 10.9. The Morgan fingerprint density at radius 2 is 1.76 bits per heavy atom. The van der Waals surface area contributed by atoms with Crippen molar-refractivity contribution in [2.75, 3.05) is 7.11 Å². The highest BCUT2D eigenvalue weighted by molar-refractivity contribution is 6.87. The highest BCUT2D eigenvalue weighted by atomic mass is 28.4. The van der Waals surface area contributed by atoms with Crippen molar-refractivity contribution in [1.29, 1.82) is 0 Å². The van der Waals surface area contributed by atoms with Crippen LogP contribution in [0.1, 0.15) is 39.2 Å². The summed E-state index contributed by atoms with van der Waals surface area (Å²) in [6.07, 6.45) is 0. The molecule has 3 heteroatoms. The first-order valence-corrected chi connectivity index (χ1v) is 10.1. The summed E-state index contributed by atoms with van der Waals surface area (Å²) >= 11 is 0. The van der Waals surface area contributed by atoms with E-state index in [-0.39, 0.29) is 5.92 Å². The Morgan fingerprint density at radius 3 is 2.29 bits per heavy atom. The zero-order valence-corrected chi connectivity index (χ0v) is 14.7. The monoisotopic (exact) mass is 302 g/mol. The number of fused-ring (bicyclic) bond motifs is 1. The molecule has 0 atom stereocenters. The molecule has 0 fully saturated rings. The number of benzene rings is 2. The maximum atomic E-state index is 10.9. The Kier molecular flexibility index (Phi) is 4.74. The summed E-state index contributed by atoms with van der Waals surface area (Å²) in [5.74, 6) is 0.744. The first-order chi connectivity index (χ1) is 10.0. The zero-order valence-electron chi connectivity index (χ0n) is 13.7. The van der Waals surface area contributed by atoms with Crippen molar-refractivity contribution in [1.82, 2.24) is 0 Å². The molecule has 1 N–H and O–H groups in total. The fraction of sp³-hybridized carbons (Fsp3) is 0.444. The average Bonchev–Trinajstić information content (AvgIpc) is 2.49. The second-order valence-electron chi connectivity index (χ2n) is 5.97. The lowest BCUT2D eigenvalue weighted by Crippen LogP contribution is -2.49. The smallest absolute Gasteiger partial charge is 0.226 e. The van der Waals surface area contributed by atoms with Crippen LogP contribution in [-0.4, -0.2) is 20.5 Å². The molecule has 0 aliphatic rings. The molecule has 0 heterocycles. The Bertz CT molecular complexity index is 622. The molecule has 2 rings (SSSR count). The highest BCUT2D eigenvalue weighted by Gasteiger charge is 2.36. The third kappa shape index (κ3) is 2.60. The van der Waals surface area contributed by atoms with Crippen LogP contribution in [0, 0.1) is 0 Å². The minimum absolute atomic E-state index is 0.284. The first-order valence-electron chi connectivity index (χ1n) is 7.81. The lowest BCUT2D eigenvalue weighted by atomic mass is 9.95. The standard InChI is InChI=1S/C18H26O2Si/c1-6-21(7-2,20-5)16-12-14-10-8-9-11-15(14)17(13(3)4)18(16)19/h8-13,19H,6-7H2,1-5H3. The van der Waals surface area contributed by atoms with E-state index >= 15 is 0 Å². The van der Waals surface area contributed by atoms with E-state index in [1.54, 1.807) is 7.11 Å². The van der Waals surface area contributed by atoms with Crippen LogP contribution in [0.2, 0.25) is 12.1 Å². The molecule has 0 spiro atoms. The van der Waals surface area contributed by atoms with Crippen molar-refractivity contribution in [2.24, 2.45) is 0 Å². The quantitative estimate of drug-likeness (QED) is 0.824. The van der Waals surface area contributed by atoms with Crippen molar-refractivity contribution >= 4 is 24.3 Å². The van der Waals surface area contributed by atoms with Crippen LogP contribution in [0.5, 0.6) is 5.75 Å². The predicted octanol–water partition coefficient (Wildman–Crippen LogP) is 4.51. The van der Waals surface area contributed by atoms with Gasteiger partial charge in [0.25, 0.3) is 0 Å². The number of phenols is 1. The van der Waals surface area contributed by atoms with Gasteiger partial charge in [-0.15, -0.1) is 0 Å². The number of rotatable bonds is 5. The van der Waals surface area contributed by atoms with Gasteiger partial charge in [-0.05, 0) is 34.8 Å². The van der Waals surface area contributed by atoms with Gasteiger partial charge in [-0.2, -0.15) is 0 Å². The Balaban J connectivity index is 2.85. The summed E-state index contributed by atoms with van der Waals surface area (Å²) in [6, 6.07) is 12.4. The predicted molar refractivity (Wildman–Crippen MR) is 93.1 cm³/mol. The van der Waals surface area contributed by atoms with Gasteiger partial charge in [-0.25, -0.2) is 0 Å². The zero-order chi connectivity index (χ0) is 15.6. The van der Waals surface area contributed by atoms with Crippen LogP contribution in [0.4, 0.5) is 0 Å². The minimum atomic E-state index is -2.08. The molecule has 0 saturated heterocycles. The molecule has 0 aliphatic carbocycles. The molecule has 0 aromatic heterocycles. The fourth-order valence-corrected chi connectivity index (χ4v) is 6.37. The van der Waals surface area contributed by atoms with Crippen LogP contribution >= 0.6 is 0 Å². The number of hydrogen-bond donors (Lipinski definition) is 1. The van der Waals surface area contributed by atoms with E-state index in [9.17, 15) is 5.11 Å². The van der Waals surface area contributed by atoms with Crippen LogP contribution in [0.15, 0.2) is 30.3 Å². The molecule has 0 radical (unpaired) electrons. The number of hydrogen-bond acceptors (Lipinski definition) is 2. The summed E-state index contributed by atoms with van der Waals surface area (Å²) in [5.41, 5.74) is 1.05. The van der Waals surface area contributed by atoms with Gasteiger partial charge in [-0.1, -0.05) is 52.0 Å². The molecule has 2 aromatic carbocycles. The van der Waals surface area contributed by atoms with Crippen molar-refractivity contribution in [3.05, 3.63) is 35.9 Å².